The van der Waals surface area contributed by atoms with E-state index in [4.69, 9.17) is 24.9 Å². The molecule has 8 aromatic carbocycles. The maximum Gasteiger partial charge on any atom is 0.164 e. The summed E-state index contributed by atoms with van der Waals surface area (Å²) in [6.45, 7) is 0. The molecule has 0 atom stereocenters. The molecule has 63 heavy (non-hydrogen) atoms. The second-order valence-electron chi connectivity index (χ2n) is 15.6. The number of para-hydroxylation sites is 2. The van der Waals surface area contributed by atoms with Crippen molar-refractivity contribution in [3.63, 3.8) is 0 Å². The van der Waals surface area contributed by atoms with E-state index in [0.717, 1.165) is 81.3 Å². The number of hydrogen-bond acceptors (Lipinski definition) is 7. The first-order chi connectivity index (χ1) is 31.2. The second-order valence-corrected chi connectivity index (χ2v) is 17.8. The van der Waals surface area contributed by atoms with E-state index in [1.54, 1.807) is 22.7 Å². The summed E-state index contributed by atoms with van der Waals surface area (Å²) in [4.78, 5) is 26.3. The fraction of sp³-hybridized carbons (Fsp3) is 0. The van der Waals surface area contributed by atoms with E-state index in [0.29, 0.717) is 23.3 Å². The van der Waals surface area contributed by atoms with Crippen molar-refractivity contribution in [2.24, 2.45) is 0 Å². The van der Waals surface area contributed by atoms with Crippen LogP contribution in [0.5, 0.6) is 0 Å². The zero-order valence-electron chi connectivity index (χ0n) is 33.5. The third-order valence-electron chi connectivity index (χ3n) is 11.9. The van der Waals surface area contributed by atoms with E-state index in [1.165, 1.54) is 20.2 Å². The van der Waals surface area contributed by atoms with Crippen LogP contribution in [-0.4, -0.2) is 29.5 Å². The van der Waals surface area contributed by atoms with Crippen LogP contribution in [0.4, 0.5) is 0 Å². The van der Waals surface area contributed by atoms with Crippen molar-refractivity contribution in [2.75, 3.05) is 0 Å². The minimum atomic E-state index is 0.615. The Morgan fingerprint density at radius 3 is 1.75 bits per heavy atom. The van der Waals surface area contributed by atoms with Gasteiger partial charge in [-0.1, -0.05) is 146 Å². The first-order valence-electron chi connectivity index (χ1n) is 20.8. The highest BCUT2D eigenvalue weighted by Gasteiger charge is 2.21. The van der Waals surface area contributed by atoms with E-state index >= 15 is 0 Å². The lowest BCUT2D eigenvalue weighted by Crippen LogP contribution is -2.00. The van der Waals surface area contributed by atoms with Crippen molar-refractivity contribution < 1.29 is 0 Å². The molecule has 0 aliphatic carbocycles. The summed E-state index contributed by atoms with van der Waals surface area (Å²) in [7, 11) is 0. The normalized spacial score (nSPS) is 11.8. The molecule has 5 aromatic heterocycles. The van der Waals surface area contributed by atoms with Gasteiger partial charge >= 0.3 is 0 Å². The van der Waals surface area contributed by atoms with Crippen LogP contribution < -0.4 is 0 Å². The standard InChI is InChI=1S/C55H32N6S2/c1-4-15-33(16-5-1)52-56-49(51-50(57-52)40-22-11-13-25-45(40)63-51)35-28-30-46-42(31-35)48-41(23-14-26-47(48)62-46)55-59-53(34-17-6-2-7-18-34)58-54(60-55)36-27-29-39-38-21-10-12-24-43(38)61(44(39)32-36)37-19-8-3-9-20-37/h1-32H. The number of aromatic nitrogens is 6. The van der Waals surface area contributed by atoms with Gasteiger partial charge in [-0.05, 0) is 48.5 Å². The van der Waals surface area contributed by atoms with Crippen molar-refractivity contribution in [2.45, 2.75) is 0 Å². The zero-order valence-corrected chi connectivity index (χ0v) is 35.1. The van der Waals surface area contributed by atoms with E-state index < -0.39 is 0 Å². The van der Waals surface area contributed by atoms with Crippen molar-refractivity contribution in [3.05, 3.63) is 194 Å². The van der Waals surface area contributed by atoms with Crippen LogP contribution in [0.2, 0.25) is 0 Å². The molecule has 0 saturated carbocycles. The molecule has 13 rings (SSSR count). The van der Waals surface area contributed by atoms with Gasteiger partial charge in [-0.15, -0.1) is 22.7 Å². The number of benzene rings is 8. The van der Waals surface area contributed by atoms with E-state index in [-0.39, 0.29) is 0 Å². The molecular formula is C55H32N6S2. The minimum Gasteiger partial charge on any atom is -0.309 e. The molecule has 0 aliphatic heterocycles. The monoisotopic (exact) mass is 840 g/mol. The highest BCUT2D eigenvalue weighted by molar-refractivity contribution is 7.26. The molecule has 0 bridgehead atoms. The Labute approximate surface area is 369 Å². The fourth-order valence-corrected chi connectivity index (χ4v) is 11.2. The first kappa shape index (κ1) is 35.8. The molecule has 13 aromatic rings. The molecule has 5 heterocycles. The third kappa shape index (κ3) is 5.87. The van der Waals surface area contributed by atoms with Gasteiger partial charge in [-0.3, -0.25) is 0 Å². The highest BCUT2D eigenvalue weighted by atomic mass is 32.1. The quantitative estimate of drug-likeness (QED) is 0.167. The first-order valence-corrected chi connectivity index (χ1v) is 22.5. The van der Waals surface area contributed by atoms with Gasteiger partial charge in [0.1, 0.15) is 0 Å². The number of nitrogens with zero attached hydrogens (tertiary/aromatic N) is 6. The van der Waals surface area contributed by atoms with Gasteiger partial charge in [0.2, 0.25) is 0 Å². The number of rotatable bonds is 6. The fourth-order valence-electron chi connectivity index (χ4n) is 8.97. The van der Waals surface area contributed by atoms with Crippen molar-refractivity contribution in [1.82, 2.24) is 29.5 Å². The lowest BCUT2D eigenvalue weighted by Gasteiger charge is -2.11. The Kier molecular flexibility index (Phi) is 8.15. The number of fused-ring (bicyclic) bond motifs is 9. The predicted molar refractivity (Wildman–Crippen MR) is 263 cm³/mol. The summed E-state index contributed by atoms with van der Waals surface area (Å²) in [5.41, 5.74) is 10.1. The average Bonchev–Trinajstić information content (AvgIpc) is 4.03. The van der Waals surface area contributed by atoms with Gasteiger partial charge in [0, 0.05) is 74.5 Å². The van der Waals surface area contributed by atoms with Crippen LogP contribution in [0, 0.1) is 0 Å². The van der Waals surface area contributed by atoms with Gasteiger partial charge in [0.05, 0.1) is 26.9 Å². The Morgan fingerprint density at radius 2 is 0.952 bits per heavy atom. The van der Waals surface area contributed by atoms with Crippen LogP contribution in [0.15, 0.2) is 194 Å². The summed E-state index contributed by atoms with van der Waals surface area (Å²) in [6, 6.07) is 67.9. The molecule has 0 radical (unpaired) electrons. The van der Waals surface area contributed by atoms with Crippen molar-refractivity contribution in [3.8, 4) is 62.5 Å². The topological polar surface area (TPSA) is 69.4 Å². The Balaban J connectivity index is 1.03. The maximum absolute atomic E-state index is 5.34. The Bertz CT molecular complexity index is 3910. The molecule has 0 saturated heterocycles. The summed E-state index contributed by atoms with van der Waals surface area (Å²) >= 11 is 3.53. The lowest BCUT2D eigenvalue weighted by molar-refractivity contribution is 1.08. The van der Waals surface area contributed by atoms with Crippen LogP contribution in [-0.2, 0) is 0 Å². The molecule has 294 valence electrons. The number of thiophene rings is 2. The Morgan fingerprint density at radius 1 is 0.349 bits per heavy atom. The summed E-state index contributed by atoms with van der Waals surface area (Å²) in [5.74, 6) is 2.58. The molecule has 0 amide bonds. The zero-order chi connectivity index (χ0) is 41.4. The Hall–Kier alpha value is -7.91. The van der Waals surface area contributed by atoms with Crippen LogP contribution in [0.25, 0.3) is 125 Å². The van der Waals surface area contributed by atoms with Crippen LogP contribution in [0.3, 0.4) is 0 Å². The minimum absolute atomic E-state index is 0.615. The number of hydrogen-bond donors (Lipinski definition) is 0. The van der Waals surface area contributed by atoms with Crippen LogP contribution >= 0.6 is 22.7 Å². The van der Waals surface area contributed by atoms with Gasteiger partial charge < -0.3 is 4.57 Å². The van der Waals surface area contributed by atoms with Gasteiger partial charge in [-0.2, -0.15) is 0 Å². The maximum atomic E-state index is 5.34. The molecule has 0 N–H and O–H groups in total. The smallest absolute Gasteiger partial charge is 0.164 e. The highest BCUT2D eigenvalue weighted by Crippen LogP contribution is 2.44. The van der Waals surface area contributed by atoms with E-state index in [1.807, 2.05) is 36.4 Å². The van der Waals surface area contributed by atoms with Crippen LogP contribution in [0.1, 0.15) is 0 Å². The summed E-state index contributed by atoms with van der Waals surface area (Å²) in [6.07, 6.45) is 0. The largest absolute Gasteiger partial charge is 0.309 e. The molecule has 0 unspecified atom stereocenters. The van der Waals surface area contributed by atoms with E-state index in [2.05, 4.69) is 162 Å². The molecular weight excluding hydrogens is 809 g/mol. The summed E-state index contributed by atoms with van der Waals surface area (Å²) in [5, 5.41) is 5.76. The molecule has 8 heteroatoms. The lowest BCUT2D eigenvalue weighted by atomic mass is 10.0. The van der Waals surface area contributed by atoms with E-state index in [9.17, 15) is 0 Å². The molecule has 0 spiro atoms. The third-order valence-corrected chi connectivity index (χ3v) is 14.2. The van der Waals surface area contributed by atoms with Gasteiger partial charge in [0.15, 0.2) is 23.3 Å². The molecule has 0 fully saturated rings. The molecule has 6 nitrogen and oxygen atoms in total. The van der Waals surface area contributed by atoms with Gasteiger partial charge in [-0.25, -0.2) is 24.9 Å². The molecule has 0 aliphatic rings. The average molecular weight is 841 g/mol. The van der Waals surface area contributed by atoms with Crippen molar-refractivity contribution >= 4 is 85.0 Å². The predicted octanol–water partition coefficient (Wildman–Crippen LogP) is 14.8. The summed E-state index contributed by atoms with van der Waals surface area (Å²) < 4.78 is 6.95. The SMILES string of the molecule is c1ccc(-c2nc(-c3ccc4c5ccccc5n(-c5ccccc5)c4c3)nc(-c3cccc4sc5ccc(-c6nc(-c7ccccc7)nc7c6sc6ccccc67)cc5c34)n2)cc1. The second kappa shape index (κ2) is 14.3. The van der Waals surface area contributed by atoms with Crippen molar-refractivity contribution in [1.29, 1.82) is 0 Å². The van der Waals surface area contributed by atoms with Gasteiger partial charge in [0.25, 0.3) is 0 Å².